The number of amides is 1. The van der Waals surface area contributed by atoms with Crippen LogP contribution < -0.4 is 9.62 Å². The van der Waals surface area contributed by atoms with Crippen LogP contribution >= 0.6 is 0 Å². The van der Waals surface area contributed by atoms with Gasteiger partial charge in [0.25, 0.3) is 0 Å². The molecule has 0 aliphatic rings. The molecule has 5 nitrogen and oxygen atoms in total. The highest BCUT2D eigenvalue weighted by Gasteiger charge is 2.32. The summed E-state index contributed by atoms with van der Waals surface area (Å²) in [4.78, 5) is 13.2. The Morgan fingerprint density at radius 3 is 1.97 bits per heavy atom. The molecule has 0 bridgehead atoms. The van der Waals surface area contributed by atoms with E-state index < -0.39 is 16.1 Å². The molecule has 0 unspecified atom stereocenters. The first-order valence-electron chi connectivity index (χ1n) is 10.7. The van der Waals surface area contributed by atoms with Crippen LogP contribution in [0.25, 0.3) is 0 Å². The fraction of sp³-hybridized carbons (Fsp3) is 0.480. The van der Waals surface area contributed by atoms with Crippen molar-refractivity contribution in [2.24, 2.45) is 0 Å². The molecule has 2 rings (SSSR count). The molecule has 0 spiro atoms. The Hall–Kier alpha value is -2.34. The molecule has 1 N–H and O–H groups in total. The molecule has 6 heteroatoms. The molecule has 2 aromatic carbocycles. The van der Waals surface area contributed by atoms with Gasteiger partial charge < -0.3 is 5.32 Å². The molecule has 2 aromatic rings. The van der Waals surface area contributed by atoms with Crippen LogP contribution in [-0.2, 0) is 20.2 Å². The number of nitrogens with zero attached hydrogens (tertiary/aromatic N) is 1. The zero-order valence-corrected chi connectivity index (χ0v) is 20.8. The molecule has 0 aliphatic carbocycles. The van der Waals surface area contributed by atoms with Crippen molar-refractivity contribution < 1.29 is 13.2 Å². The van der Waals surface area contributed by atoms with Crippen LogP contribution in [-0.4, -0.2) is 26.6 Å². The van der Waals surface area contributed by atoms with Crippen LogP contribution in [0, 0.1) is 13.8 Å². The Labute approximate surface area is 187 Å². The lowest BCUT2D eigenvalue weighted by Crippen LogP contribution is -2.49. The molecule has 31 heavy (non-hydrogen) atoms. The maximum Gasteiger partial charge on any atom is 0.244 e. The lowest BCUT2D eigenvalue weighted by atomic mass is 9.86. The molecule has 1 amide bonds. The van der Waals surface area contributed by atoms with Crippen molar-refractivity contribution in [3.05, 3.63) is 64.7 Å². The Bertz CT molecular complexity index is 1000. The summed E-state index contributed by atoms with van der Waals surface area (Å²) >= 11 is 0. The normalized spacial score (nSPS) is 14.1. The number of aryl methyl sites for hydroxylation is 2. The van der Waals surface area contributed by atoms with Crippen molar-refractivity contribution in [3.8, 4) is 0 Å². The van der Waals surface area contributed by atoms with Crippen LogP contribution in [0.4, 0.5) is 5.69 Å². The summed E-state index contributed by atoms with van der Waals surface area (Å²) in [6, 6.07) is 12.7. The summed E-state index contributed by atoms with van der Waals surface area (Å²) in [5, 5.41) is 3.01. The first-order chi connectivity index (χ1) is 14.2. The fourth-order valence-electron chi connectivity index (χ4n) is 3.80. The molecule has 0 fully saturated rings. The van der Waals surface area contributed by atoms with Crippen molar-refractivity contribution in [2.75, 3.05) is 10.6 Å². The predicted octanol–water partition coefficient (Wildman–Crippen LogP) is 5.02. The zero-order valence-electron chi connectivity index (χ0n) is 20.0. The Balaban J connectivity index is 2.31. The summed E-state index contributed by atoms with van der Waals surface area (Å²) in [6.45, 7) is 14.1. The monoisotopic (exact) mass is 444 g/mol. The van der Waals surface area contributed by atoms with E-state index >= 15 is 0 Å². The third-order valence-electron chi connectivity index (χ3n) is 5.43. The maximum absolute atomic E-state index is 13.2. The van der Waals surface area contributed by atoms with Crippen molar-refractivity contribution in [2.45, 2.75) is 72.4 Å². The summed E-state index contributed by atoms with van der Waals surface area (Å²) in [5.41, 5.74) is 4.68. The summed E-state index contributed by atoms with van der Waals surface area (Å²) in [6.07, 6.45) is 1.51. The van der Waals surface area contributed by atoms with Crippen molar-refractivity contribution in [3.63, 3.8) is 0 Å². The number of hydrogen-bond donors (Lipinski definition) is 1. The molecule has 0 heterocycles. The molecule has 0 radical (unpaired) electrons. The van der Waals surface area contributed by atoms with Gasteiger partial charge in [0.1, 0.15) is 6.04 Å². The first-order valence-corrected chi connectivity index (χ1v) is 12.6. The van der Waals surface area contributed by atoms with Crippen LogP contribution in [0.5, 0.6) is 0 Å². The fourth-order valence-corrected chi connectivity index (χ4v) is 5.00. The van der Waals surface area contributed by atoms with E-state index in [1.54, 1.807) is 12.1 Å². The zero-order chi connectivity index (χ0) is 23.6. The van der Waals surface area contributed by atoms with E-state index in [1.165, 1.54) is 9.87 Å². The lowest BCUT2D eigenvalue weighted by Gasteiger charge is -2.31. The molecule has 2 atom stereocenters. The quantitative estimate of drug-likeness (QED) is 0.652. The van der Waals surface area contributed by atoms with E-state index in [4.69, 9.17) is 0 Å². The van der Waals surface area contributed by atoms with Crippen LogP contribution in [0.15, 0.2) is 42.5 Å². The van der Waals surface area contributed by atoms with Gasteiger partial charge in [0.05, 0.1) is 18.0 Å². The van der Waals surface area contributed by atoms with Gasteiger partial charge in [-0.15, -0.1) is 0 Å². The number of nitrogens with one attached hydrogen (secondary N) is 1. The SMILES string of the molecule is CC[C@H](C(=O)N[C@@H](C)c1ccc(C(C)(C)C)cc1)N(c1cc(C)cc(C)c1)S(C)(=O)=O. The van der Waals surface area contributed by atoms with Gasteiger partial charge in [-0.1, -0.05) is 58.0 Å². The predicted molar refractivity (Wildman–Crippen MR) is 129 cm³/mol. The van der Waals surface area contributed by atoms with Gasteiger partial charge in [-0.2, -0.15) is 0 Å². The van der Waals surface area contributed by atoms with E-state index in [-0.39, 0.29) is 17.4 Å². The Morgan fingerprint density at radius 2 is 1.55 bits per heavy atom. The number of sulfonamides is 1. The van der Waals surface area contributed by atoms with E-state index in [0.717, 1.165) is 22.9 Å². The van der Waals surface area contributed by atoms with Gasteiger partial charge in [-0.3, -0.25) is 9.10 Å². The summed E-state index contributed by atoms with van der Waals surface area (Å²) in [7, 11) is -3.66. The number of anilines is 1. The van der Waals surface area contributed by atoms with E-state index in [1.807, 2.05) is 45.9 Å². The summed E-state index contributed by atoms with van der Waals surface area (Å²) in [5.74, 6) is -0.306. The van der Waals surface area contributed by atoms with Gasteiger partial charge in [0.15, 0.2) is 0 Å². The van der Waals surface area contributed by atoms with Crippen molar-refractivity contribution in [1.29, 1.82) is 0 Å². The topological polar surface area (TPSA) is 66.5 Å². The number of benzene rings is 2. The highest BCUT2D eigenvalue weighted by Crippen LogP contribution is 2.27. The minimum Gasteiger partial charge on any atom is -0.348 e. The molecular weight excluding hydrogens is 408 g/mol. The Kier molecular flexibility index (Phi) is 7.58. The number of rotatable bonds is 7. The van der Waals surface area contributed by atoms with Gasteiger partial charge in [-0.25, -0.2) is 8.42 Å². The summed E-state index contributed by atoms with van der Waals surface area (Å²) < 4.78 is 26.6. The van der Waals surface area contributed by atoms with Crippen molar-refractivity contribution in [1.82, 2.24) is 5.32 Å². The van der Waals surface area contributed by atoms with E-state index in [0.29, 0.717) is 12.1 Å². The molecule has 0 aliphatic heterocycles. The molecule has 0 aromatic heterocycles. The second-order valence-corrected chi connectivity index (χ2v) is 11.3. The van der Waals surface area contributed by atoms with E-state index in [2.05, 4.69) is 38.2 Å². The molecule has 0 saturated carbocycles. The van der Waals surface area contributed by atoms with Crippen LogP contribution in [0.2, 0.25) is 0 Å². The van der Waals surface area contributed by atoms with Gasteiger partial charge in [0.2, 0.25) is 15.9 Å². The number of carbonyl (C=O) groups excluding carboxylic acids is 1. The molecule has 170 valence electrons. The average Bonchev–Trinajstić information content (AvgIpc) is 2.63. The maximum atomic E-state index is 13.2. The van der Waals surface area contributed by atoms with Gasteiger partial charge in [-0.05, 0) is 67.0 Å². The average molecular weight is 445 g/mol. The van der Waals surface area contributed by atoms with E-state index in [9.17, 15) is 13.2 Å². The lowest BCUT2D eigenvalue weighted by molar-refractivity contribution is -0.122. The Morgan fingerprint density at radius 1 is 1.03 bits per heavy atom. The molecule has 0 saturated heterocycles. The van der Waals surface area contributed by atoms with Gasteiger partial charge in [0, 0.05) is 0 Å². The second kappa shape index (κ2) is 9.43. The highest BCUT2D eigenvalue weighted by molar-refractivity contribution is 7.92. The van der Waals surface area contributed by atoms with Crippen molar-refractivity contribution >= 4 is 21.6 Å². The van der Waals surface area contributed by atoms with Gasteiger partial charge >= 0.3 is 0 Å². The third-order valence-corrected chi connectivity index (χ3v) is 6.61. The van der Waals surface area contributed by atoms with Crippen LogP contribution in [0.1, 0.15) is 69.3 Å². The minimum atomic E-state index is -3.66. The molecular formula is C25H36N2O3S. The number of carbonyl (C=O) groups is 1. The minimum absolute atomic E-state index is 0.0558. The third kappa shape index (κ3) is 6.33. The first kappa shape index (κ1) is 24.9. The van der Waals surface area contributed by atoms with Crippen LogP contribution in [0.3, 0.4) is 0 Å². The largest absolute Gasteiger partial charge is 0.348 e. The second-order valence-electron chi connectivity index (χ2n) is 9.43. The standard InChI is InChI=1S/C25H36N2O3S/c1-9-23(27(31(8,29)30)22-15-17(2)14-18(3)16-22)24(28)26-19(4)20-10-12-21(13-11-20)25(5,6)7/h10-16,19,23H,9H2,1-8H3,(H,26,28)/t19-,23+/m0/s1. The highest BCUT2D eigenvalue weighted by atomic mass is 32.2. The number of hydrogen-bond acceptors (Lipinski definition) is 3. The smallest absolute Gasteiger partial charge is 0.244 e.